The minimum atomic E-state index is -0.271. The van der Waals surface area contributed by atoms with Crippen molar-refractivity contribution in [2.24, 2.45) is 0 Å². The number of fused-ring (bicyclic) bond motifs is 1. The third-order valence-corrected chi connectivity index (χ3v) is 6.02. The summed E-state index contributed by atoms with van der Waals surface area (Å²) in [4.78, 5) is 21.3. The van der Waals surface area contributed by atoms with Crippen LogP contribution in [0.15, 0.2) is 71.1 Å². The molecule has 0 aliphatic rings. The van der Waals surface area contributed by atoms with Crippen LogP contribution in [0.5, 0.6) is 0 Å². The molecule has 6 heteroatoms. The molecule has 0 saturated carbocycles. The Balaban J connectivity index is 1.32. The van der Waals surface area contributed by atoms with Crippen molar-refractivity contribution in [1.82, 2.24) is 9.97 Å². The lowest BCUT2D eigenvalue weighted by Crippen LogP contribution is -2.07. The lowest BCUT2D eigenvalue weighted by molar-refractivity contribution is -0.141. The topological polar surface area (TPSA) is 52.1 Å². The van der Waals surface area contributed by atoms with Gasteiger partial charge in [-0.15, -0.1) is 11.3 Å². The van der Waals surface area contributed by atoms with Crippen LogP contribution in [0.4, 0.5) is 0 Å². The van der Waals surface area contributed by atoms with Crippen LogP contribution in [0.2, 0.25) is 0 Å². The van der Waals surface area contributed by atoms with Gasteiger partial charge in [0, 0.05) is 16.3 Å². The van der Waals surface area contributed by atoms with Gasteiger partial charge in [0.25, 0.3) is 0 Å². The number of pyridine rings is 1. The van der Waals surface area contributed by atoms with Crippen LogP contribution in [-0.4, -0.2) is 21.7 Å². The molecule has 140 valence electrons. The highest BCUT2D eigenvalue weighted by Crippen LogP contribution is 2.25. The first-order chi connectivity index (χ1) is 13.7. The quantitative estimate of drug-likeness (QED) is 0.312. The molecule has 0 fully saturated rings. The molecule has 0 spiro atoms. The monoisotopic (exact) mass is 406 g/mol. The number of aryl methyl sites for hydroxylation is 1. The number of carbonyl (C=O) groups is 1. The number of hydrogen-bond acceptors (Lipinski definition) is 6. The van der Waals surface area contributed by atoms with E-state index >= 15 is 0 Å². The highest BCUT2D eigenvalue weighted by molar-refractivity contribution is 7.99. The number of carbonyl (C=O) groups excluding carboxylic acids is 1. The summed E-state index contributed by atoms with van der Waals surface area (Å²) in [5.41, 5.74) is 3.92. The van der Waals surface area contributed by atoms with Gasteiger partial charge in [0.1, 0.15) is 11.6 Å². The van der Waals surface area contributed by atoms with Gasteiger partial charge in [0.15, 0.2) is 0 Å². The average molecular weight is 407 g/mol. The van der Waals surface area contributed by atoms with Crippen LogP contribution in [0, 0.1) is 6.92 Å². The number of nitrogens with zero attached hydrogens (tertiary/aromatic N) is 2. The van der Waals surface area contributed by atoms with Gasteiger partial charge in [-0.3, -0.25) is 4.79 Å². The Kier molecular flexibility index (Phi) is 5.69. The minimum Gasteiger partial charge on any atom is -0.459 e. The van der Waals surface area contributed by atoms with Crippen molar-refractivity contribution in [3.63, 3.8) is 0 Å². The highest BCUT2D eigenvalue weighted by atomic mass is 32.2. The Morgan fingerprint density at radius 1 is 1.07 bits per heavy atom. The Hall–Kier alpha value is -2.70. The van der Waals surface area contributed by atoms with Crippen molar-refractivity contribution in [2.45, 2.75) is 18.6 Å². The number of rotatable bonds is 6. The van der Waals surface area contributed by atoms with E-state index in [0.717, 1.165) is 37.8 Å². The standard InChI is InChI=1S/C22H18N2O2S2/c1-15-11-20(24-19-10-6-5-9-18(15)19)27-14-21(25)26-12-17-13-28-22(23-17)16-7-3-2-4-8-16/h2-11,13H,12,14H2,1H3. The van der Waals surface area contributed by atoms with Gasteiger partial charge in [-0.05, 0) is 24.6 Å². The van der Waals surface area contributed by atoms with Gasteiger partial charge in [-0.1, -0.05) is 60.3 Å². The summed E-state index contributed by atoms with van der Waals surface area (Å²) in [6.45, 7) is 2.24. The van der Waals surface area contributed by atoms with Crippen LogP contribution < -0.4 is 0 Å². The fourth-order valence-electron chi connectivity index (χ4n) is 2.81. The minimum absolute atomic E-state index is 0.187. The molecule has 0 bridgehead atoms. The van der Waals surface area contributed by atoms with E-state index in [1.807, 2.05) is 60.0 Å². The Morgan fingerprint density at radius 3 is 2.71 bits per heavy atom. The van der Waals surface area contributed by atoms with Crippen molar-refractivity contribution in [3.8, 4) is 10.6 Å². The predicted octanol–water partition coefficient (Wildman–Crippen LogP) is 5.50. The van der Waals surface area contributed by atoms with Crippen LogP contribution in [0.3, 0.4) is 0 Å². The van der Waals surface area contributed by atoms with E-state index < -0.39 is 0 Å². The van der Waals surface area contributed by atoms with E-state index in [1.54, 1.807) is 11.3 Å². The second kappa shape index (κ2) is 8.54. The zero-order valence-electron chi connectivity index (χ0n) is 15.3. The number of hydrogen-bond donors (Lipinski definition) is 0. The summed E-state index contributed by atoms with van der Waals surface area (Å²) in [6, 6.07) is 20.0. The normalized spacial score (nSPS) is 10.9. The number of esters is 1. The van der Waals surface area contributed by atoms with Gasteiger partial charge in [0.2, 0.25) is 0 Å². The molecule has 0 unspecified atom stereocenters. The zero-order chi connectivity index (χ0) is 19.3. The predicted molar refractivity (Wildman–Crippen MR) is 115 cm³/mol. The molecular weight excluding hydrogens is 388 g/mol. The largest absolute Gasteiger partial charge is 0.459 e. The van der Waals surface area contributed by atoms with Crippen LogP contribution >= 0.6 is 23.1 Å². The van der Waals surface area contributed by atoms with Crippen molar-refractivity contribution >= 4 is 40.0 Å². The van der Waals surface area contributed by atoms with Crippen molar-refractivity contribution in [2.75, 3.05) is 5.75 Å². The summed E-state index contributed by atoms with van der Waals surface area (Å²) in [5.74, 6) is -0.0487. The molecule has 2 aromatic heterocycles. The maximum absolute atomic E-state index is 12.1. The van der Waals surface area contributed by atoms with Gasteiger partial charge >= 0.3 is 5.97 Å². The molecule has 0 aliphatic heterocycles. The number of aromatic nitrogens is 2. The lowest BCUT2D eigenvalue weighted by Gasteiger charge is -2.06. The maximum Gasteiger partial charge on any atom is 0.316 e. The van der Waals surface area contributed by atoms with E-state index in [0.29, 0.717) is 0 Å². The zero-order valence-corrected chi connectivity index (χ0v) is 16.9. The van der Waals surface area contributed by atoms with Gasteiger partial charge < -0.3 is 4.74 Å². The Labute approximate surface area is 171 Å². The summed E-state index contributed by atoms with van der Waals surface area (Å²) in [6.07, 6.45) is 0. The van der Waals surface area contributed by atoms with Crippen molar-refractivity contribution in [1.29, 1.82) is 0 Å². The van der Waals surface area contributed by atoms with E-state index in [1.165, 1.54) is 11.8 Å². The van der Waals surface area contributed by atoms with E-state index in [4.69, 9.17) is 4.74 Å². The van der Waals surface area contributed by atoms with Gasteiger partial charge in [0.05, 0.1) is 22.0 Å². The Bertz CT molecular complexity index is 1110. The number of ether oxygens (including phenoxy) is 1. The summed E-state index contributed by atoms with van der Waals surface area (Å²) in [5, 5.41) is 4.81. The van der Waals surface area contributed by atoms with E-state index in [9.17, 15) is 4.79 Å². The number of para-hydroxylation sites is 1. The third-order valence-electron chi connectivity index (χ3n) is 4.19. The molecule has 28 heavy (non-hydrogen) atoms. The van der Waals surface area contributed by atoms with Gasteiger partial charge in [-0.2, -0.15) is 0 Å². The molecule has 4 nitrogen and oxygen atoms in total. The fourth-order valence-corrected chi connectivity index (χ4v) is 4.39. The number of thioether (sulfide) groups is 1. The first-order valence-electron chi connectivity index (χ1n) is 8.84. The SMILES string of the molecule is Cc1cc(SCC(=O)OCc2csc(-c3ccccc3)n2)nc2ccccc12. The first-order valence-corrected chi connectivity index (χ1v) is 10.7. The number of thiazole rings is 1. The van der Waals surface area contributed by atoms with Crippen LogP contribution in [0.1, 0.15) is 11.3 Å². The molecule has 0 aliphatic carbocycles. The average Bonchev–Trinajstić information content (AvgIpc) is 3.21. The second-order valence-electron chi connectivity index (χ2n) is 6.25. The number of benzene rings is 2. The van der Waals surface area contributed by atoms with Crippen LogP contribution in [-0.2, 0) is 16.1 Å². The Morgan fingerprint density at radius 2 is 1.86 bits per heavy atom. The molecule has 2 heterocycles. The highest BCUT2D eigenvalue weighted by Gasteiger charge is 2.10. The first kappa shape index (κ1) is 18.7. The van der Waals surface area contributed by atoms with E-state index in [-0.39, 0.29) is 18.3 Å². The van der Waals surface area contributed by atoms with E-state index in [2.05, 4.69) is 23.0 Å². The van der Waals surface area contributed by atoms with Crippen LogP contribution in [0.25, 0.3) is 21.5 Å². The molecule has 4 aromatic rings. The van der Waals surface area contributed by atoms with Crippen molar-refractivity contribution in [3.05, 3.63) is 77.3 Å². The summed E-state index contributed by atoms with van der Waals surface area (Å²) >= 11 is 2.94. The molecule has 0 N–H and O–H groups in total. The molecule has 0 amide bonds. The molecule has 0 atom stereocenters. The fraction of sp³-hybridized carbons (Fsp3) is 0.136. The third kappa shape index (κ3) is 4.40. The molecule has 0 saturated heterocycles. The molecule has 4 rings (SSSR count). The van der Waals surface area contributed by atoms with Crippen molar-refractivity contribution < 1.29 is 9.53 Å². The summed E-state index contributed by atoms with van der Waals surface area (Å²) < 4.78 is 5.37. The molecule has 2 aromatic carbocycles. The van der Waals surface area contributed by atoms with Gasteiger partial charge in [-0.25, -0.2) is 9.97 Å². The maximum atomic E-state index is 12.1. The molecular formula is C22H18N2O2S2. The lowest BCUT2D eigenvalue weighted by atomic mass is 10.1. The molecule has 0 radical (unpaired) electrons. The summed E-state index contributed by atoms with van der Waals surface area (Å²) in [7, 11) is 0. The second-order valence-corrected chi connectivity index (χ2v) is 8.11. The smallest absolute Gasteiger partial charge is 0.316 e.